The van der Waals surface area contributed by atoms with Crippen molar-refractivity contribution < 1.29 is 22.8 Å². The summed E-state index contributed by atoms with van der Waals surface area (Å²) < 4.78 is 27.4. The van der Waals surface area contributed by atoms with Crippen LogP contribution in [-0.2, 0) is 26.3 Å². The molecule has 3 aromatic rings. The Kier molecular flexibility index (Phi) is 9.05. The summed E-state index contributed by atoms with van der Waals surface area (Å²) >= 11 is 13.0. The van der Waals surface area contributed by atoms with E-state index in [1.165, 1.54) is 0 Å². The number of hydroxylamine groups is 1. The topological polar surface area (TPSA) is 144 Å². The molecule has 0 saturated heterocycles. The number of nitrogens with one attached hydrogen (secondary N) is 2. The summed E-state index contributed by atoms with van der Waals surface area (Å²) in [7, 11) is -3.60. The first-order valence-corrected chi connectivity index (χ1v) is 16.1. The third-order valence-electron chi connectivity index (χ3n) is 7.63. The SMILES string of the molecule is CS(=O)(=O)NC1CCCCC1N1C(=O)c2ccc(N)cc2C(C(=O)NOCc2ccccn2)C1c1ccc(Cl)cc1Cl. The number of fused-ring (bicyclic) bond motifs is 1. The second kappa shape index (κ2) is 12.6. The molecule has 2 aromatic carbocycles. The van der Waals surface area contributed by atoms with Crippen LogP contribution < -0.4 is 15.9 Å². The van der Waals surface area contributed by atoms with Gasteiger partial charge in [-0.3, -0.25) is 19.4 Å². The summed E-state index contributed by atoms with van der Waals surface area (Å²) in [6.07, 6.45) is 5.33. The third kappa shape index (κ3) is 6.55. The predicted octanol–water partition coefficient (Wildman–Crippen LogP) is 4.36. The van der Waals surface area contributed by atoms with Crippen molar-refractivity contribution in [3.8, 4) is 0 Å². The molecule has 42 heavy (non-hydrogen) atoms. The Hall–Kier alpha value is -3.22. The molecule has 2 amide bonds. The third-order valence-corrected chi connectivity index (χ3v) is 8.92. The molecule has 5 rings (SSSR count). The number of nitrogen functional groups attached to an aromatic ring is 1. The lowest BCUT2D eigenvalue weighted by atomic mass is 9.76. The van der Waals surface area contributed by atoms with Gasteiger partial charge in [0.2, 0.25) is 10.0 Å². The summed E-state index contributed by atoms with van der Waals surface area (Å²) in [5.41, 5.74) is 10.9. The van der Waals surface area contributed by atoms with Gasteiger partial charge in [0.05, 0.1) is 23.9 Å². The van der Waals surface area contributed by atoms with Crippen LogP contribution in [0.3, 0.4) is 0 Å². The van der Waals surface area contributed by atoms with Crippen LogP contribution in [0.5, 0.6) is 0 Å². The molecular weight excluding hydrogens is 601 g/mol. The highest BCUT2D eigenvalue weighted by Gasteiger charge is 2.49. The number of nitrogens with two attached hydrogens (primary N) is 1. The molecule has 1 saturated carbocycles. The summed E-state index contributed by atoms with van der Waals surface area (Å²) in [6, 6.07) is 13.0. The highest BCUT2D eigenvalue weighted by atomic mass is 35.5. The van der Waals surface area contributed by atoms with Gasteiger partial charge in [-0.15, -0.1) is 0 Å². The van der Waals surface area contributed by atoms with Crippen LogP contribution in [0, 0.1) is 0 Å². The Morgan fingerprint density at radius 1 is 1.10 bits per heavy atom. The van der Waals surface area contributed by atoms with E-state index in [4.69, 9.17) is 33.8 Å². The Bertz CT molecular complexity index is 1590. The lowest BCUT2D eigenvalue weighted by molar-refractivity contribution is -0.138. The van der Waals surface area contributed by atoms with E-state index in [1.54, 1.807) is 65.7 Å². The number of aromatic nitrogens is 1. The number of pyridine rings is 1. The van der Waals surface area contributed by atoms with Crippen molar-refractivity contribution in [3.63, 3.8) is 0 Å². The van der Waals surface area contributed by atoms with Crippen molar-refractivity contribution in [1.82, 2.24) is 20.1 Å². The monoisotopic (exact) mass is 631 g/mol. The molecule has 0 bridgehead atoms. The molecule has 0 spiro atoms. The van der Waals surface area contributed by atoms with Gasteiger partial charge in [-0.2, -0.15) is 0 Å². The Labute approximate surface area is 254 Å². The zero-order chi connectivity index (χ0) is 30.0. The average Bonchev–Trinajstić information content (AvgIpc) is 2.93. The smallest absolute Gasteiger partial charge is 0.255 e. The van der Waals surface area contributed by atoms with Crippen molar-refractivity contribution in [2.45, 2.75) is 56.3 Å². The fraction of sp³-hybridized carbons (Fsp3) is 0.345. The predicted molar refractivity (Wildman–Crippen MR) is 160 cm³/mol. The van der Waals surface area contributed by atoms with Gasteiger partial charge >= 0.3 is 0 Å². The van der Waals surface area contributed by atoms with Crippen molar-refractivity contribution in [2.24, 2.45) is 0 Å². The molecule has 13 heteroatoms. The molecule has 1 aliphatic heterocycles. The standard InChI is InChI=1S/C29H31Cl2N5O5S/c1-42(39,40)35-24-7-2-3-8-25(24)36-27(21-11-9-17(30)14-23(21)31)26(22-15-18(32)10-12-20(22)29(36)38)28(37)34-41-16-19-6-4-5-13-33-19/h4-6,9-15,24-27,35H,2-3,7-8,16,32H2,1H3,(H,34,37). The van der Waals surface area contributed by atoms with Crippen molar-refractivity contribution in [1.29, 1.82) is 0 Å². The average molecular weight is 633 g/mol. The maximum atomic E-state index is 14.3. The number of carbonyl (C=O) groups is 2. The van der Waals surface area contributed by atoms with E-state index in [0.29, 0.717) is 45.9 Å². The Morgan fingerprint density at radius 3 is 2.60 bits per heavy atom. The first kappa shape index (κ1) is 30.2. The molecular formula is C29H31Cl2N5O5S. The molecule has 4 unspecified atom stereocenters. The zero-order valence-electron chi connectivity index (χ0n) is 22.8. The van der Waals surface area contributed by atoms with E-state index in [1.807, 2.05) is 0 Å². The van der Waals surface area contributed by atoms with E-state index >= 15 is 0 Å². The molecule has 4 N–H and O–H groups in total. The van der Waals surface area contributed by atoms with Crippen LogP contribution in [-0.4, -0.2) is 48.5 Å². The molecule has 10 nitrogen and oxygen atoms in total. The minimum atomic E-state index is -3.60. The fourth-order valence-corrected chi connectivity index (χ4v) is 7.27. The molecule has 1 fully saturated rings. The number of nitrogens with zero attached hydrogens (tertiary/aromatic N) is 2. The van der Waals surface area contributed by atoms with Crippen molar-refractivity contribution in [3.05, 3.63) is 93.2 Å². The fourth-order valence-electron chi connectivity index (χ4n) is 5.93. The van der Waals surface area contributed by atoms with E-state index in [9.17, 15) is 18.0 Å². The first-order chi connectivity index (χ1) is 20.0. The molecule has 2 aliphatic rings. The van der Waals surface area contributed by atoms with Crippen molar-refractivity contribution >= 4 is 50.7 Å². The van der Waals surface area contributed by atoms with Gasteiger partial charge in [0.1, 0.15) is 6.61 Å². The Morgan fingerprint density at radius 2 is 1.88 bits per heavy atom. The van der Waals surface area contributed by atoms with E-state index in [-0.39, 0.29) is 17.5 Å². The summed E-state index contributed by atoms with van der Waals surface area (Å²) in [6.45, 7) is 0.0150. The number of hydrogen-bond acceptors (Lipinski definition) is 7. The summed E-state index contributed by atoms with van der Waals surface area (Å²) in [5.74, 6) is -1.90. The van der Waals surface area contributed by atoms with Crippen LogP contribution in [0.2, 0.25) is 10.0 Å². The number of anilines is 1. The quantitative estimate of drug-likeness (QED) is 0.247. The second-order valence-electron chi connectivity index (χ2n) is 10.6. The maximum Gasteiger partial charge on any atom is 0.255 e. The zero-order valence-corrected chi connectivity index (χ0v) is 25.1. The molecule has 1 aliphatic carbocycles. The number of benzene rings is 2. The van der Waals surface area contributed by atoms with Crippen LogP contribution in [0.1, 0.15) is 64.8 Å². The summed E-state index contributed by atoms with van der Waals surface area (Å²) in [4.78, 5) is 39.8. The molecule has 1 aromatic heterocycles. The van der Waals surface area contributed by atoms with Crippen LogP contribution in [0.25, 0.3) is 0 Å². The maximum absolute atomic E-state index is 14.3. The van der Waals surface area contributed by atoms with E-state index in [0.717, 1.165) is 19.1 Å². The first-order valence-electron chi connectivity index (χ1n) is 13.5. The number of sulfonamides is 1. The van der Waals surface area contributed by atoms with E-state index in [2.05, 4.69) is 15.2 Å². The lowest BCUT2D eigenvalue weighted by Crippen LogP contribution is -2.59. The van der Waals surface area contributed by atoms with Gasteiger partial charge in [0, 0.05) is 39.6 Å². The minimum absolute atomic E-state index is 0.0150. The van der Waals surface area contributed by atoms with E-state index < -0.39 is 40.0 Å². The van der Waals surface area contributed by atoms with Crippen LogP contribution in [0.4, 0.5) is 5.69 Å². The molecule has 222 valence electrons. The Balaban J connectivity index is 1.63. The van der Waals surface area contributed by atoms with Crippen LogP contribution >= 0.6 is 23.2 Å². The molecule has 2 heterocycles. The van der Waals surface area contributed by atoms with Crippen LogP contribution in [0.15, 0.2) is 60.8 Å². The van der Waals surface area contributed by atoms with Gasteiger partial charge in [-0.1, -0.05) is 48.2 Å². The van der Waals surface area contributed by atoms with Gasteiger partial charge in [0.15, 0.2) is 0 Å². The number of hydrogen-bond donors (Lipinski definition) is 3. The van der Waals surface area contributed by atoms with Gasteiger partial charge in [0.25, 0.3) is 11.8 Å². The largest absolute Gasteiger partial charge is 0.399 e. The number of amides is 2. The molecule has 4 atom stereocenters. The van der Waals surface area contributed by atoms with Gasteiger partial charge in [-0.25, -0.2) is 18.6 Å². The lowest BCUT2D eigenvalue weighted by Gasteiger charge is -2.49. The normalized spacial score (nSPS) is 22.5. The highest BCUT2D eigenvalue weighted by molar-refractivity contribution is 7.88. The second-order valence-corrected chi connectivity index (χ2v) is 13.2. The van der Waals surface area contributed by atoms with Crippen molar-refractivity contribution in [2.75, 3.05) is 12.0 Å². The molecule has 0 radical (unpaired) electrons. The minimum Gasteiger partial charge on any atom is -0.399 e. The number of halogens is 2. The number of carbonyl (C=O) groups excluding carboxylic acids is 2. The summed E-state index contributed by atoms with van der Waals surface area (Å²) in [5, 5.41) is 0.643. The van der Waals surface area contributed by atoms with Gasteiger partial charge < -0.3 is 10.6 Å². The number of rotatable bonds is 8. The van der Waals surface area contributed by atoms with Gasteiger partial charge in [-0.05, 0) is 66.4 Å². The highest BCUT2D eigenvalue weighted by Crippen LogP contribution is 2.48.